The molecule has 1 aliphatic rings. The van der Waals surface area contributed by atoms with Crippen molar-refractivity contribution in [3.05, 3.63) is 34.3 Å². The molecule has 0 amide bonds. The van der Waals surface area contributed by atoms with Crippen molar-refractivity contribution in [3.63, 3.8) is 0 Å². The van der Waals surface area contributed by atoms with Crippen LogP contribution >= 0.6 is 0 Å². The Morgan fingerprint density at radius 1 is 1.37 bits per heavy atom. The number of nitrogens with one attached hydrogen (secondary N) is 1. The molecule has 0 saturated heterocycles. The van der Waals surface area contributed by atoms with Crippen molar-refractivity contribution < 1.29 is 24.2 Å². The van der Waals surface area contributed by atoms with Crippen molar-refractivity contribution >= 4 is 23.0 Å². The van der Waals surface area contributed by atoms with E-state index in [1.807, 2.05) is 0 Å². The van der Waals surface area contributed by atoms with Crippen molar-refractivity contribution in [1.82, 2.24) is 4.98 Å². The summed E-state index contributed by atoms with van der Waals surface area (Å²) in [6.45, 7) is 0. The third kappa shape index (κ3) is 1.48. The molecule has 7 heteroatoms. The minimum atomic E-state index is -1.42. The molecule has 0 radical (unpaired) electrons. The molecule has 1 aromatic carbocycles. The van der Waals surface area contributed by atoms with Gasteiger partial charge in [-0.25, -0.2) is 4.79 Å². The second-order valence-corrected chi connectivity index (χ2v) is 4.60. The number of aliphatic carboxylic acids is 2. The Morgan fingerprint density at radius 2 is 2.11 bits per heavy atom. The third-order valence-electron chi connectivity index (χ3n) is 3.58. The van der Waals surface area contributed by atoms with Gasteiger partial charge in [-0.15, -0.1) is 0 Å². The Morgan fingerprint density at radius 3 is 2.68 bits per heavy atom. The molecule has 3 rings (SSSR count). The lowest BCUT2D eigenvalue weighted by atomic mass is 9.93. The van der Waals surface area contributed by atoms with Crippen LogP contribution in [0.3, 0.4) is 0 Å². The van der Waals surface area contributed by atoms with Gasteiger partial charge in [0, 0.05) is 0 Å². The standard InChI is InChI=1S/C12H9NO6/c14-9(15)6-4-12(6,10(16)17)5-1-2-7-8(3-5)19-11(18)13-7/h1-3,6H,4H2,(H,13,18)(H,14,15)(H,16,17). The molecule has 3 N–H and O–H groups in total. The lowest BCUT2D eigenvalue weighted by Gasteiger charge is -2.11. The van der Waals surface area contributed by atoms with Gasteiger partial charge in [-0.2, -0.15) is 0 Å². The normalized spacial score (nSPS) is 25.4. The number of rotatable bonds is 3. The first kappa shape index (κ1) is 11.5. The predicted octanol–water partition coefficient (Wildman–Crippen LogP) is 0.548. The van der Waals surface area contributed by atoms with Crippen LogP contribution in [0.25, 0.3) is 11.1 Å². The van der Waals surface area contributed by atoms with Crippen LogP contribution in [-0.4, -0.2) is 27.1 Å². The van der Waals surface area contributed by atoms with E-state index in [4.69, 9.17) is 9.52 Å². The predicted molar refractivity (Wildman–Crippen MR) is 61.9 cm³/mol. The minimum absolute atomic E-state index is 0.0395. The summed E-state index contributed by atoms with van der Waals surface area (Å²) in [7, 11) is 0. The first-order valence-electron chi connectivity index (χ1n) is 5.55. The van der Waals surface area contributed by atoms with Crippen LogP contribution in [0.15, 0.2) is 27.4 Å². The maximum Gasteiger partial charge on any atom is 0.417 e. The van der Waals surface area contributed by atoms with Crippen LogP contribution < -0.4 is 5.76 Å². The number of carbonyl (C=O) groups is 2. The molecule has 0 spiro atoms. The fraction of sp³-hybridized carbons (Fsp3) is 0.250. The van der Waals surface area contributed by atoms with E-state index in [0.717, 1.165) is 0 Å². The SMILES string of the molecule is O=C(O)C1CC1(C(=O)O)c1ccc2[nH]c(=O)oc2c1. The Bertz CT molecular complexity index is 757. The van der Waals surface area contributed by atoms with Crippen molar-refractivity contribution in [2.45, 2.75) is 11.8 Å². The summed E-state index contributed by atoms with van der Waals surface area (Å²) in [4.78, 5) is 35.8. The fourth-order valence-electron chi connectivity index (χ4n) is 2.46. The highest BCUT2D eigenvalue weighted by atomic mass is 16.4. The molecule has 0 aliphatic heterocycles. The number of carboxylic acid groups (broad SMARTS) is 2. The summed E-state index contributed by atoms with van der Waals surface area (Å²) in [5, 5.41) is 18.3. The van der Waals surface area contributed by atoms with Crippen LogP contribution in [0.1, 0.15) is 12.0 Å². The summed E-state index contributed by atoms with van der Waals surface area (Å²) in [5.74, 6) is -3.91. The van der Waals surface area contributed by atoms with Gasteiger partial charge in [0.05, 0.1) is 11.4 Å². The monoisotopic (exact) mass is 263 g/mol. The second-order valence-electron chi connectivity index (χ2n) is 4.60. The molecule has 2 unspecified atom stereocenters. The molecule has 1 saturated carbocycles. The van der Waals surface area contributed by atoms with E-state index in [0.29, 0.717) is 11.1 Å². The fourth-order valence-corrected chi connectivity index (χ4v) is 2.46. The lowest BCUT2D eigenvalue weighted by molar-refractivity contribution is -0.145. The van der Waals surface area contributed by atoms with Crippen LogP contribution in [0.2, 0.25) is 0 Å². The van der Waals surface area contributed by atoms with E-state index in [9.17, 15) is 19.5 Å². The molecule has 0 bridgehead atoms. The number of benzene rings is 1. The summed E-state index contributed by atoms with van der Waals surface area (Å²) in [6.07, 6.45) is 0.0395. The summed E-state index contributed by atoms with van der Waals surface area (Å²) in [5.41, 5.74) is -0.417. The molecule has 1 heterocycles. The van der Waals surface area contributed by atoms with E-state index in [1.165, 1.54) is 18.2 Å². The highest BCUT2D eigenvalue weighted by Gasteiger charge is 2.65. The van der Waals surface area contributed by atoms with Crippen molar-refractivity contribution in [2.75, 3.05) is 0 Å². The molecular formula is C12H9NO6. The van der Waals surface area contributed by atoms with Gasteiger partial charge >= 0.3 is 17.7 Å². The van der Waals surface area contributed by atoms with Gasteiger partial charge in [0.15, 0.2) is 5.58 Å². The van der Waals surface area contributed by atoms with Gasteiger partial charge in [-0.1, -0.05) is 6.07 Å². The zero-order chi connectivity index (χ0) is 13.8. The number of aromatic amines is 1. The zero-order valence-electron chi connectivity index (χ0n) is 9.54. The average molecular weight is 263 g/mol. The number of H-pyrrole nitrogens is 1. The van der Waals surface area contributed by atoms with E-state index in [1.54, 1.807) is 0 Å². The Labute approximate surface area is 105 Å². The maximum absolute atomic E-state index is 11.4. The largest absolute Gasteiger partial charge is 0.481 e. The van der Waals surface area contributed by atoms with Gasteiger partial charge in [-0.3, -0.25) is 14.6 Å². The van der Waals surface area contributed by atoms with Crippen LogP contribution in [-0.2, 0) is 15.0 Å². The van der Waals surface area contributed by atoms with E-state index >= 15 is 0 Å². The van der Waals surface area contributed by atoms with Gasteiger partial charge < -0.3 is 14.6 Å². The Kier molecular flexibility index (Phi) is 2.10. The van der Waals surface area contributed by atoms with E-state index < -0.39 is 29.0 Å². The topological polar surface area (TPSA) is 121 Å². The number of oxazole rings is 1. The Hall–Kier alpha value is -2.57. The highest BCUT2D eigenvalue weighted by Crippen LogP contribution is 2.55. The molecule has 7 nitrogen and oxygen atoms in total. The lowest BCUT2D eigenvalue weighted by Crippen LogP contribution is -2.25. The second kappa shape index (κ2) is 3.47. The number of hydrogen-bond acceptors (Lipinski definition) is 4. The molecule has 98 valence electrons. The van der Waals surface area contributed by atoms with Crippen molar-refractivity contribution in [2.24, 2.45) is 5.92 Å². The minimum Gasteiger partial charge on any atom is -0.481 e. The summed E-state index contributed by atoms with van der Waals surface area (Å²) >= 11 is 0. The van der Waals surface area contributed by atoms with E-state index in [-0.39, 0.29) is 12.0 Å². The van der Waals surface area contributed by atoms with Gasteiger partial charge in [0.2, 0.25) is 0 Å². The highest BCUT2D eigenvalue weighted by molar-refractivity contribution is 5.95. The molecular weight excluding hydrogens is 254 g/mol. The van der Waals surface area contributed by atoms with E-state index in [2.05, 4.69) is 4.98 Å². The smallest absolute Gasteiger partial charge is 0.417 e. The third-order valence-corrected chi connectivity index (χ3v) is 3.58. The first-order valence-corrected chi connectivity index (χ1v) is 5.55. The molecule has 1 aromatic heterocycles. The maximum atomic E-state index is 11.4. The molecule has 2 aromatic rings. The quantitative estimate of drug-likeness (QED) is 0.743. The first-order chi connectivity index (χ1) is 8.95. The molecule has 19 heavy (non-hydrogen) atoms. The molecule has 1 aliphatic carbocycles. The number of carboxylic acids is 2. The van der Waals surface area contributed by atoms with Crippen molar-refractivity contribution in [1.29, 1.82) is 0 Å². The zero-order valence-corrected chi connectivity index (χ0v) is 9.54. The number of aromatic nitrogens is 1. The summed E-state index contributed by atoms with van der Waals surface area (Å²) in [6, 6.07) is 4.42. The van der Waals surface area contributed by atoms with Gasteiger partial charge in [0.25, 0.3) is 0 Å². The van der Waals surface area contributed by atoms with Crippen LogP contribution in [0, 0.1) is 5.92 Å². The van der Waals surface area contributed by atoms with Crippen LogP contribution in [0.5, 0.6) is 0 Å². The summed E-state index contributed by atoms with van der Waals surface area (Å²) < 4.78 is 4.86. The molecule has 1 fully saturated rings. The van der Waals surface area contributed by atoms with Crippen LogP contribution in [0.4, 0.5) is 0 Å². The Balaban J connectivity index is 2.14. The number of fused-ring (bicyclic) bond motifs is 1. The van der Waals surface area contributed by atoms with Gasteiger partial charge in [-0.05, 0) is 24.1 Å². The molecule has 2 atom stereocenters. The van der Waals surface area contributed by atoms with Gasteiger partial charge in [0.1, 0.15) is 5.41 Å². The number of hydrogen-bond donors (Lipinski definition) is 3. The van der Waals surface area contributed by atoms with Crippen molar-refractivity contribution in [3.8, 4) is 0 Å². The average Bonchev–Trinajstić information content (AvgIpc) is 2.99.